The van der Waals surface area contributed by atoms with Crippen LogP contribution >= 0.6 is 0 Å². The fraction of sp³-hybridized carbons (Fsp3) is 0.562. The smallest absolute Gasteiger partial charge is 0.340 e. The topological polar surface area (TPSA) is 55.6 Å². The van der Waals surface area contributed by atoms with Crippen LogP contribution in [0.2, 0.25) is 0 Å². The molecule has 0 radical (unpaired) electrons. The number of esters is 1. The van der Waals surface area contributed by atoms with E-state index >= 15 is 0 Å². The molecule has 4 heteroatoms. The number of carbonyl (C=O) groups is 1. The SMILES string of the molecule is CCOC(=O)c1cccc(N2CCC(C)CC2C)c1N. The maximum atomic E-state index is 11.9. The van der Waals surface area contributed by atoms with Crippen molar-refractivity contribution in [2.75, 3.05) is 23.8 Å². The molecule has 0 bridgehead atoms. The molecule has 0 saturated carbocycles. The lowest BCUT2D eigenvalue weighted by Crippen LogP contribution is -2.40. The summed E-state index contributed by atoms with van der Waals surface area (Å²) >= 11 is 0. The third-order valence-electron chi connectivity index (χ3n) is 4.03. The number of anilines is 2. The second-order valence-electron chi connectivity index (χ2n) is 5.63. The lowest BCUT2D eigenvalue weighted by Gasteiger charge is -2.39. The van der Waals surface area contributed by atoms with Gasteiger partial charge in [0.1, 0.15) is 0 Å². The van der Waals surface area contributed by atoms with Crippen LogP contribution in [0.4, 0.5) is 11.4 Å². The van der Waals surface area contributed by atoms with E-state index < -0.39 is 0 Å². The van der Waals surface area contributed by atoms with Crippen LogP contribution in [0.5, 0.6) is 0 Å². The Morgan fingerprint density at radius 2 is 2.20 bits per heavy atom. The molecule has 1 fully saturated rings. The molecule has 1 saturated heterocycles. The largest absolute Gasteiger partial charge is 0.462 e. The Labute approximate surface area is 120 Å². The summed E-state index contributed by atoms with van der Waals surface area (Å²) in [6, 6.07) is 6.04. The highest BCUT2D eigenvalue weighted by Gasteiger charge is 2.25. The van der Waals surface area contributed by atoms with Crippen molar-refractivity contribution in [1.29, 1.82) is 0 Å². The second kappa shape index (κ2) is 6.16. The summed E-state index contributed by atoms with van der Waals surface area (Å²) in [5.41, 5.74) is 8.16. The van der Waals surface area contributed by atoms with Crippen LogP contribution in [-0.4, -0.2) is 25.2 Å². The lowest BCUT2D eigenvalue weighted by atomic mass is 9.92. The van der Waals surface area contributed by atoms with E-state index in [2.05, 4.69) is 18.7 Å². The average molecular weight is 276 g/mol. The van der Waals surface area contributed by atoms with Crippen molar-refractivity contribution in [1.82, 2.24) is 0 Å². The molecule has 4 nitrogen and oxygen atoms in total. The first-order chi connectivity index (χ1) is 9.54. The average Bonchev–Trinajstić information content (AvgIpc) is 2.40. The third kappa shape index (κ3) is 2.89. The highest BCUT2D eigenvalue weighted by atomic mass is 16.5. The number of carbonyl (C=O) groups excluding carboxylic acids is 1. The first-order valence-electron chi connectivity index (χ1n) is 7.36. The van der Waals surface area contributed by atoms with Gasteiger partial charge in [-0.25, -0.2) is 4.79 Å². The van der Waals surface area contributed by atoms with Gasteiger partial charge in [-0.05, 0) is 44.7 Å². The lowest BCUT2D eigenvalue weighted by molar-refractivity contribution is 0.0527. The van der Waals surface area contributed by atoms with Crippen molar-refractivity contribution in [3.05, 3.63) is 23.8 Å². The summed E-state index contributed by atoms with van der Waals surface area (Å²) in [6.45, 7) is 7.64. The standard InChI is InChI=1S/C16H24N2O2/c1-4-20-16(19)13-6-5-7-14(15(13)17)18-9-8-11(2)10-12(18)3/h5-7,11-12H,4,8-10,17H2,1-3H3. The molecule has 0 aromatic heterocycles. The van der Waals surface area contributed by atoms with E-state index in [0.717, 1.165) is 31.0 Å². The predicted octanol–water partition coefficient (Wildman–Crippen LogP) is 3.07. The molecule has 2 N–H and O–H groups in total. The van der Waals surface area contributed by atoms with E-state index in [1.165, 1.54) is 0 Å². The van der Waals surface area contributed by atoms with Crippen LogP contribution in [0, 0.1) is 5.92 Å². The normalized spacial score (nSPS) is 22.6. The summed E-state index contributed by atoms with van der Waals surface area (Å²) in [7, 11) is 0. The molecule has 2 rings (SSSR count). The summed E-state index contributed by atoms with van der Waals surface area (Å²) in [5, 5.41) is 0. The molecule has 1 heterocycles. The number of hydrogen-bond acceptors (Lipinski definition) is 4. The number of nitrogens with zero attached hydrogens (tertiary/aromatic N) is 1. The van der Waals surface area contributed by atoms with E-state index in [4.69, 9.17) is 10.5 Å². The van der Waals surface area contributed by atoms with Crippen LogP contribution in [0.15, 0.2) is 18.2 Å². The van der Waals surface area contributed by atoms with Crippen LogP contribution in [0.1, 0.15) is 44.0 Å². The maximum Gasteiger partial charge on any atom is 0.340 e. The molecule has 1 aliphatic rings. The minimum atomic E-state index is -0.343. The van der Waals surface area contributed by atoms with E-state index in [-0.39, 0.29) is 5.97 Å². The zero-order chi connectivity index (χ0) is 14.7. The number of nitrogen functional groups attached to an aromatic ring is 1. The minimum Gasteiger partial charge on any atom is -0.462 e. The van der Waals surface area contributed by atoms with Gasteiger partial charge in [0.2, 0.25) is 0 Å². The zero-order valence-electron chi connectivity index (χ0n) is 12.6. The van der Waals surface area contributed by atoms with Gasteiger partial charge in [-0.3, -0.25) is 0 Å². The van der Waals surface area contributed by atoms with E-state index in [0.29, 0.717) is 23.9 Å². The molecular formula is C16H24N2O2. The number of nitrogens with two attached hydrogens (primary N) is 1. The molecule has 110 valence electrons. The number of ether oxygens (including phenoxy) is 1. The monoisotopic (exact) mass is 276 g/mol. The Kier molecular flexibility index (Phi) is 4.53. The van der Waals surface area contributed by atoms with Gasteiger partial charge in [0, 0.05) is 12.6 Å². The molecule has 1 aliphatic heterocycles. The van der Waals surface area contributed by atoms with Crippen LogP contribution < -0.4 is 10.6 Å². The second-order valence-corrected chi connectivity index (χ2v) is 5.63. The van der Waals surface area contributed by atoms with Gasteiger partial charge < -0.3 is 15.4 Å². The van der Waals surface area contributed by atoms with Gasteiger partial charge in [-0.2, -0.15) is 0 Å². The number of para-hydroxylation sites is 1. The first-order valence-corrected chi connectivity index (χ1v) is 7.36. The zero-order valence-corrected chi connectivity index (χ0v) is 12.6. The Morgan fingerprint density at radius 3 is 2.85 bits per heavy atom. The van der Waals surface area contributed by atoms with Crippen molar-refractivity contribution >= 4 is 17.3 Å². The fourth-order valence-corrected chi connectivity index (χ4v) is 2.96. The van der Waals surface area contributed by atoms with Crippen LogP contribution in [0.25, 0.3) is 0 Å². The Bertz CT molecular complexity index is 487. The molecule has 0 amide bonds. The van der Waals surface area contributed by atoms with Gasteiger partial charge in [0.05, 0.1) is 23.5 Å². The van der Waals surface area contributed by atoms with E-state index in [9.17, 15) is 4.79 Å². The molecule has 20 heavy (non-hydrogen) atoms. The highest BCUT2D eigenvalue weighted by Crippen LogP contribution is 2.33. The van der Waals surface area contributed by atoms with Gasteiger partial charge in [0.25, 0.3) is 0 Å². The number of benzene rings is 1. The first kappa shape index (κ1) is 14.7. The van der Waals surface area contributed by atoms with Crippen LogP contribution in [0.3, 0.4) is 0 Å². The maximum absolute atomic E-state index is 11.9. The molecule has 1 aromatic rings. The Morgan fingerprint density at radius 1 is 1.45 bits per heavy atom. The Hall–Kier alpha value is -1.71. The van der Waals surface area contributed by atoms with Gasteiger partial charge in [-0.1, -0.05) is 13.0 Å². The molecule has 0 aliphatic carbocycles. The van der Waals surface area contributed by atoms with Gasteiger partial charge in [0.15, 0.2) is 0 Å². The van der Waals surface area contributed by atoms with Crippen molar-refractivity contribution in [2.24, 2.45) is 5.92 Å². The summed E-state index contributed by atoms with van der Waals surface area (Å²) in [4.78, 5) is 14.2. The predicted molar refractivity (Wildman–Crippen MR) is 82.0 cm³/mol. The third-order valence-corrected chi connectivity index (χ3v) is 4.03. The molecule has 0 spiro atoms. The summed E-state index contributed by atoms with van der Waals surface area (Å²) in [5.74, 6) is 0.403. The van der Waals surface area contributed by atoms with Gasteiger partial charge in [-0.15, -0.1) is 0 Å². The number of hydrogen-bond donors (Lipinski definition) is 1. The summed E-state index contributed by atoms with van der Waals surface area (Å²) in [6.07, 6.45) is 2.32. The minimum absolute atomic E-state index is 0.343. The van der Waals surface area contributed by atoms with Crippen LogP contribution in [-0.2, 0) is 4.74 Å². The fourth-order valence-electron chi connectivity index (χ4n) is 2.96. The van der Waals surface area contributed by atoms with Crippen molar-refractivity contribution in [2.45, 2.75) is 39.7 Å². The van der Waals surface area contributed by atoms with Crippen molar-refractivity contribution in [3.8, 4) is 0 Å². The Balaban J connectivity index is 2.28. The molecular weight excluding hydrogens is 252 g/mol. The number of rotatable bonds is 3. The van der Waals surface area contributed by atoms with E-state index in [1.807, 2.05) is 12.1 Å². The highest BCUT2D eigenvalue weighted by molar-refractivity contribution is 5.98. The van der Waals surface area contributed by atoms with Crippen molar-refractivity contribution in [3.63, 3.8) is 0 Å². The molecule has 2 atom stereocenters. The van der Waals surface area contributed by atoms with E-state index in [1.54, 1.807) is 13.0 Å². The molecule has 2 unspecified atom stereocenters. The van der Waals surface area contributed by atoms with Crippen molar-refractivity contribution < 1.29 is 9.53 Å². The van der Waals surface area contributed by atoms with Gasteiger partial charge >= 0.3 is 5.97 Å². The summed E-state index contributed by atoms with van der Waals surface area (Å²) < 4.78 is 5.06. The number of piperidine rings is 1. The molecule has 1 aromatic carbocycles. The quantitative estimate of drug-likeness (QED) is 0.681.